The Morgan fingerprint density at radius 2 is 1.90 bits per heavy atom. The van der Waals surface area contributed by atoms with Gasteiger partial charge in [0.25, 0.3) is 0 Å². The average molecular weight is 437 g/mol. The predicted octanol–water partition coefficient (Wildman–Crippen LogP) is 3.88. The third kappa shape index (κ3) is 4.44. The van der Waals surface area contributed by atoms with Crippen LogP contribution in [0.15, 0.2) is 59.3 Å². The molecule has 0 aliphatic heterocycles. The molecule has 0 spiro atoms. The molecule has 8 nitrogen and oxygen atoms in total. The Hall–Kier alpha value is -3.65. The third-order valence-electron chi connectivity index (χ3n) is 4.77. The summed E-state index contributed by atoms with van der Waals surface area (Å²) in [6.45, 7) is 2.18. The second-order valence-corrected chi connectivity index (χ2v) is 7.60. The molecule has 31 heavy (non-hydrogen) atoms. The average Bonchev–Trinajstić information content (AvgIpc) is 3.39. The number of carbonyl (C=O) groups excluding carboxylic acids is 1. The smallest absolute Gasteiger partial charge is 0.316 e. The number of hydrogen-bond acceptors (Lipinski definition) is 6. The van der Waals surface area contributed by atoms with E-state index in [4.69, 9.17) is 16.1 Å². The minimum absolute atomic E-state index is 0.107. The van der Waals surface area contributed by atoms with Crippen LogP contribution in [0, 0.1) is 6.92 Å². The lowest BCUT2D eigenvalue weighted by Crippen LogP contribution is -2.23. The van der Waals surface area contributed by atoms with Gasteiger partial charge in [-0.15, -0.1) is 0 Å². The lowest BCUT2D eigenvalue weighted by molar-refractivity contribution is 0.0907. The molecule has 9 heteroatoms. The molecule has 2 heterocycles. The van der Waals surface area contributed by atoms with E-state index in [0.29, 0.717) is 22.8 Å². The maximum Gasteiger partial charge on any atom is 0.316 e. The molecule has 0 bridgehead atoms. The number of carbonyl (C=O) groups is 1. The zero-order valence-electron chi connectivity index (χ0n) is 17.3. The Morgan fingerprint density at radius 3 is 2.61 bits per heavy atom. The number of amides is 1. The molecule has 2 aromatic heterocycles. The highest BCUT2D eigenvalue weighted by Crippen LogP contribution is 2.25. The van der Waals surface area contributed by atoms with Crippen LogP contribution >= 0.6 is 11.6 Å². The van der Waals surface area contributed by atoms with Crippen molar-refractivity contribution in [2.24, 2.45) is 0 Å². The standard InChI is InChI=1S/C22H21ClN6O2/c1-14-17(13-29(26-14)19-7-5-4-6-18(19)23)20-25-22(31-27-20)21(30)24-12-15-8-10-16(11-9-15)28(2)3/h4-11,13H,12H2,1-3H3,(H,24,30). The van der Waals surface area contributed by atoms with Crippen molar-refractivity contribution in [3.63, 3.8) is 0 Å². The van der Waals surface area contributed by atoms with E-state index >= 15 is 0 Å². The molecule has 0 atom stereocenters. The van der Waals surface area contributed by atoms with Gasteiger partial charge >= 0.3 is 11.8 Å². The van der Waals surface area contributed by atoms with Gasteiger partial charge in [-0.1, -0.05) is 41.0 Å². The van der Waals surface area contributed by atoms with Gasteiger partial charge in [-0.3, -0.25) is 4.79 Å². The maximum absolute atomic E-state index is 12.4. The number of nitrogens with one attached hydrogen (secondary N) is 1. The molecule has 2 aromatic carbocycles. The lowest BCUT2D eigenvalue weighted by atomic mass is 10.2. The van der Waals surface area contributed by atoms with Crippen LogP contribution in [0.1, 0.15) is 21.9 Å². The zero-order chi connectivity index (χ0) is 22.0. The van der Waals surface area contributed by atoms with Gasteiger partial charge in [0.2, 0.25) is 5.82 Å². The molecule has 4 aromatic rings. The normalized spacial score (nSPS) is 10.8. The SMILES string of the molecule is Cc1nn(-c2ccccc2Cl)cc1-c1noc(C(=O)NCc2ccc(N(C)C)cc2)n1. The van der Waals surface area contributed by atoms with Crippen LogP contribution in [-0.4, -0.2) is 39.9 Å². The van der Waals surface area contributed by atoms with Gasteiger partial charge in [-0.2, -0.15) is 10.1 Å². The molecule has 1 N–H and O–H groups in total. The quantitative estimate of drug-likeness (QED) is 0.493. The van der Waals surface area contributed by atoms with Crippen LogP contribution in [-0.2, 0) is 6.54 Å². The van der Waals surface area contributed by atoms with Crippen molar-refractivity contribution in [2.75, 3.05) is 19.0 Å². The van der Waals surface area contributed by atoms with Gasteiger partial charge in [-0.25, -0.2) is 4.68 Å². The minimum Gasteiger partial charge on any atom is -0.378 e. The Kier molecular flexibility index (Phi) is 5.73. The van der Waals surface area contributed by atoms with Crippen LogP contribution in [0.25, 0.3) is 17.1 Å². The summed E-state index contributed by atoms with van der Waals surface area (Å²) in [5.74, 6) is -0.257. The number of rotatable bonds is 6. The summed E-state index contributed by atoms with van der Waals surface area (Å²) in [7, 11) is 3.95. The number of halogens is 1. The number of hydrogen-bond donors (Lipinski definition) is 1. The van der Waals surface area contributed by atoms with E-state index in [-0.39, 0.29) is 11.7 Å². The van der Waals surface area contributed by atoms with E-state index in [0.717, 1.165) is 16.9 Å². The first-order chi connectivity index (χ1) is 14.9. The fourth-order valence-electron chi connectivity index (χ4n) is 3.04. The molecule has 158 valence electrons. The summed E-state index contributed by atoms with van der Waals surface area (Å²) in [5, 5.41) is 11.8. The van der Waals surface area contributed by atoms with Gasteiger partial charge in [0, 0.05) is 32.5 Å². The van der Waals surface area contributed by atoms with E-state index in [1.165, 1.54) is 0 Å². The molecule has 1 amide bonds. The van der Waals surface area contributed by atoms with Gasteiger partial charge in [0.05, 0.1) is 22.0 Å². The van der Waals surface area contributed by atoms with E-state index < -0.39 is 5.91 Å². The first-order valence-corrected chi connectivity index (χ1v) is 10.00. The van der Waals surface area contributed by atoms with Crippen LogP contribution in [0.2, 0.25) is 5.02 Å². The van der Waals surface area contributed by atoms with Gasteiger partial charge < -0.3 is 14.7 Å². The molecular formula is C22H21ClN6O2. The summed E-state index contributed by atoms with van der Waals surface area (Å²) in [5.41, 5.74) is 4.13. The fourth-order valence-corrected chi connectivity index (χ4v) is 3.26. The Bertz CT molecular complexity index is 1210. The largest absolute Gasteiger partial charge is 0.378 e. The Labute approximate surface area is 184 Å². The number of nitrogens with zero attached hydrogens (tertiary/aromatic N) is 5. The molecular weight excluding hydrogens is 416 g/mol. The number of benzene rings is 2. The second kappa shape index (κ2) is 8.61. The first-order valence-electron chi connectivity index (χ1n) is 9.62. The van der Waals surface area contributed by atoms with Crippen LogP contribution in [0.5, 0.6) is 0 Å². The predicted molar refractivity (Wildman–Crippen MR) is 119 cm³/mol. The molecule has 0 fully saturated rings. The summed E-state index contributed by atoms with van der Waals surface area (Å²) in [6.07, 6.45) is 1.76. The highest BCUT2D eigenvalue weighted by molar-refractivity contribution is 6.32. The number of aryl methyl sites for hydroxylation is 1. The van der Waals surface area contributed by atoms with Gasteiger partial charge in [0.1, 0.15) is 0 Å². The minimum atomic E-state index is -0.438. The lowest BCUT2D eigenvalue weighted by Gasteiger charge is -2.12. The van der Waals surface area contributed by atoms with Crippen molar-refractivity contribution in [3.8, 4) is 17.1 Å². The Morgan fingerprint density at radius 1 is 1.16 bits per heavy atom. The van der Waals surface area contributed by atoms with Crippen molar-refractivity contribution in [1.82, 2.24) is 25.2 Å². The van der Waals surface area contributed by atoms with Crippen molar-refractivity contribution in [1.29, 1.82) is 0 Å². The summed E-state index contributed by atoms with van der Waals surface area (Å²) >= 11 is 6.26. The number of aromatic nitrogens is 4. The molecule has 0 unspecified atom stereocenters. The summed E-state index contributed by atoms with van der Waals surface area (Å²) in [4.78, 5) is 18.7. The number of anilines is 1. The molecule has 0 aliphatic carbocycles. The Balaban J connectivity index is 1.47. The van der Waals surface area contributed by atoms with E-state index in [9.17, 15) is 4.79 Å². The van der Waals surface area contributed by atoms with E-state index in [1.807, 2.05) is 68.4 Å². The third-order valence-corrected chi connectivity index (χ3v) is 5.08. The molecule has 0 saturated heterocycles. The molecule has 4 rings (SSSR count). The topological polar surface area (TPSA) is 89.1 Å². The van der Waals surface area contributed by atoms with Crippen LogP contribution < -0.4 is 10.2 Å². The molecule has 0 saturated carbocycles. The van der Waals surface area contributed by atoms with Gasteiger partial charge in [0.15, 0.2) is 0 Å². The van der Waals surface area contributed by atoms with Crippen LogP contribution in [0.3, 0.4) is 0 Å². The highest BCUT2D eigenvalue weighted by Gasteiger charge is 2.19. The molecule has 0 aliphatic rings. The van der Waals surface area contributed by atoms with Gasteiger partial charge in [-0.05, 0) is 36.8 Å². The highest BCUT2D eigenvalue weighted by atomic mass is 35.5. The molecule has 0 radical (unpaired) electrons. The monoisotopic (exact) mass is 436 g/mol. The zero-order valence-corrected chi connectivity index (χ0v) is 18.1. The van der Waals surface area contributed by atoms with E-state index in [2.05, 4.69) is 20.6 Å². The van der Waals surface area contributed by atoms with Crippen molar-refractivity contribution < 1.29 is 9.32 Å². The number of para-hydroxylation sites is 1. The summed E-state index contributed by atoms with van der Waals surface area (Å²) < 4.78 is 6.82. The van der Waals surface area contributed by atoms with E-state index in [1.54, 1.807) is 16.9 Å². The first kappa shape index (κ1) is 20.6. The van der Waals surface area contributed by atoms with Crippen LogP contribution in [0.4, 0.5) is 5.69 Å². The second-order valence-electron chi connectivity index (χ2n) is 7.19. The summed E-state index contributed by atoms with van der Waals surface area (Å²) in [6, 6.07) is 15.3. The van der Waals surface area contributed by atoms with Crippen molar-refractivity contribution in [3.05, 3.63) is 76.9 Å². The van der Waals surface area contributed by atoms with Crippen molar-refractivity contribution in [2.45, 2.75) is 13.5 Å². The van der Waals surface area contributed by atoms with Crippen molar-refractivity contribution >= 4 is 23.2 Å². The maximum atomic E-state index is 12.4. The fraction of sp³-hybridized carbons (Fsp3) is 0.182.